The molecule has 9 N–H and O–H groups in total. The molecule has 91 heavy (non-hydrogen) atoms. The van der Waals surface area contributed by atoms with Crippen LogP contribution in [0.1, 0.15) is 303 Å². The number of carbonyl (C=O) groups is 1. The number of rotatable bonds is 61. The van der Waals surface area contributed by atoms with E-state index in [0.29, 0.717) is 12.8 Å². The van der Waals surface area contributed by atoms with Gasteiger partial charge in [0.15, 0.2) is 12.6 Å². The average molecular weight is 1280 g/mol. The van der Waals surface area contributed by atoms with Crippen LogP contribution in [0.2, 0.25) is 0 Å². The van der Waals surface area contributed by atoms with Crippen LogP contribution in [0.4, 0.5) is 0 Å². The summed E-state index contributed by atoms with van der Waals surface area (Å²) in [5.41, 5.74) is 0. The number of ether oxygens (including phenoxy) is 4. The summed E-state index contributed by atoms with van der Waals surface area (Å²) in [4.78, 5) is 13.4. The Morgan fingerprint density at radius 3 is 1.15 bits per heavy atom. The van der Waals surface area contributed by atoms with Gasteiger partial charge >= 0.3 is 0 Å². The predicted octanol–water partition coefficient (Wildman–Crippen LogP) is 16.0. The Morgan fingerprint density at radius 1 is 0.407 bits per heavy atom. The fraction of sp³-hybridized carbons (Fsp3) is 0.805. The SMILES string of the molecule is CC/C=C\C/C=C\C/C=C\C/C=C\C/C=C\C/C=C\C/C=C\CCCCCC(=O)NC(COC1OC(CO)C(OC2OC(CO)C(O)C(O)C2O)C(O)C1O)C(O)CCCCCCCCCCCCCCCCCCCCCCCCCCCCCCCCCC. The van der Waals surface area contributed by atoms with Crippen LogP contribution in [0.5, 0.6) is 0 Å². The van der Waals surface area contributed by atoms with Gasteiger partial charge in [0.25, 0.3) is 0 Å². The highest BCUT2D eigenvalue weighted by atomic mass is 16.7. The lowest BCUT2D eigenvalue weighted by Gasteiger charge is -2.46. The van der Waals surface area contributed by atoms with Crippen molar-refractivity contribution in [2.24, 2.45) is 0 Å². The van der Waals surface area contributed by atoms with E-state index in [0.717, 1.165) is 89.9 Å². The molecule has 528 valence electrons. The smallest absolute Gasteiger partial charge is 0.220 e. The lowest BCUT2D eigenvalue weighted by molar-refractivity contribution is -0.359. The molecule has 2 rings (SSSR count). The molecule has 2 aliphatic heterocycles. The second-order valence-electron chi connectivity index (χ2n) is 26.0. The lowest BCUT2D eigenvalue weighted by atomic mass is 9.97. The van der Waals surface area contributed by atoms with E-state index in [1.165, 1.54) is 180 Å². The third-order valence-corrected chi connectivity index (χ3v) is 17.9. The van der Waals surface area contributed by atoms with Crippen LogP contribution >= 0.6 is 0 Å². The highest BCUT2D eigenvalue weighted by molar-refractivity contribution is 5.76. The molecule has 2 aliphatic rings. The number of unbranched alkanes of at least 4 members (excludes halogenated alkanes) is 34. The van der Waals surface area contributed by atoms with Crippen molar-refractivity contribution >= 4 is 5.91 Å². The summed E-state index contributed by atoms with van der Waals surface area (Å²) in [6.07, 6.45) is 67.5. The van der Waals surface area contributed by atoms with Crippen LogP contribution < -0.4 is 5.32 Å². The number of amides is 1. The van der Waals surface area contributed by atoms with Gasteiger partial charge in [-0.25, -0.2) is 0 Å². The number of nitrogens with one attached hydrogen (secondary N) is 1. The Bertz CT molecular complexity index is 1850. The average Bonchev–Trinajstić information content (AvgIpc) is 1.15. The normalized spacial score (nSPS) is 23.3. The van der Waals surface area contributed by atoms with E-state index in [2.05, 4.69) is 104 Å². The third kappa shape index (κ3) is 44.5. The van der Waals surface area contributed by atoms with Crippen molar-refractivity contribution < 1.29 is 64.6 Å². The van der Waals surface area contributed by atoms with Crippen LogP contribution in [0, 0.1) is 0 Å². The first kappa shape index (κ1) is 84.3. The molecule has 2 heterocycles. The molecule has 0 aliphatic carbocycles. The van der Waals surface area contributed by atoms with E-state index in [9.17, 15) is 45.6 Å². The van der Waals surface area contributed by atoms with E-state index in [-0.39, 0.29) is 18.9 Å². The fourth-order valence-corrected chi connectivity index (χ4v) is 12.0. The molecule has 14 nitrogen and oxygen atoms in total. The van der Waals surface area contributed by atoms with Gasteiger partial charge in [-0.15, -0.1) is 0 Å². The minimum absolute atomic E-state index is 0.238. The minimum atomic E-state index is -1.79. The van der Waals surface area contributed by atoms with E-state index >= 15 is 0 Å². The highest BCUT2D eigenvalue weighted by Crippen LogP contribution is 2.30. The highest BCUT2D eigenvalue weighted by Gasteiger charge is 2.51. The number of hydrogen-bond donors (Lipinski definition) is 9. The van der Waals surface area contributed by atoms with Crippen molar-refractivity contribution in [2.45, 2.75) is 376 Å². The Labute approximate surface area is 554 Å². The van der Waals surface area contributed by atoms with Gasteiger partial charge in [-0.05, 0) is 70.6 Å². The molecule has 0 aromatic rings. The predicted molar refractivity (Wildman–Crippen MR) is 373 cm³/mol. The third-order valence-electron chi connectivity index (χ3n) is 17.9. The zero-order chi connectivity index (χ0) is 65.9. The molecule has 14 heteroatoms. The van der Waals surface area contributed by atoms with Crippen molar-refractivity contribution in [3.63, 3.8) is 0 Å². The summed E-state index contributed by atoms with van der Waals surface area (Å²) in [5.74, 6) is -0.238. The summed E-state index contributed by atoms with van der Waals surface area (Å²) in [5, 5.41) is 87.7. The topological polar surface area (TPSA) is 228 Å². The molecule has 0 bridgehead atoms. The summed E-state index contributed by atoms with van der Waals surface area (Å²) in [6, 6.07) is -0.855. The second kappa shape index (κ2) is 60.8. The van der Waals surface area contributed by atoms with Gasteiger partial charge in [0.1, 0.15) is 48.8 Å². The molecule has 0 saturated carbocycles. The minimum Gasteiger partial charge on any atom is -0.394 e. The fourth-order valence-electron chi connectivity index (χ4n) is 12.0. The Kier molecular flexibility index (Phi) is 56.3. The van der Waals surface area contributed by atoms with Gasteiger partial charge in [0.2, 0.25) is 5.91 Å². The molecule has 12 unspecified atom stereocenters. The van der Waals surface area contributed by atoms with Crippen LogP contribution in [0.25, 0.3) is 0 Å². The van der Waals surface area contributed by atoms with Crippen LogP contribution in [0.15, 0.2) is 85.1 Å². The molecule has 2 fully saturated rings. The first-order valence-electron chi connectivity index (χ1n) is 37.3. The van der Waals surface area contributed by atoms with Crippen molar-refractivity contribution in [1.29, 1.82) is 0 Å². The maximum Gasteiger partial charge on any atom is 0.220 e. The van der Waals surface area contributed by atoms with Gasteiger partial charge in [-0.3, -0.25) is 4.79 Å². The number of aliphatic hydroxyl groups excluding tert-OH is 8. The van der Waals surface area contributed by atoms with E-state index in [1.807, 2.05) is 0 Å². The number of carbonyl (C=O) groups excluding carboxylic acids is 1. The van der Waals surface area contributed by atoms with Gasteiger partial charge in [0.05, 0.1) is 32.0 Å². The van der Waals surface area contributed by atoms with Crippen LogP contribution in [-0.4, -0.2) is 140 Å². The van der Waals surface area contributed by atoms with Gasteiger partial charge in [0, 0.05) is 6.42 Å². The molecule has 0 radical (unpaired) electrons. The molecular formula is C77H137NO13. The number of allylic oxidation sites excluding steroid dienone is 14. The second-order valence-corrected chi connectivity index (χ2v) is 26.0. The van der Waals surface area contributed by atoms with Gasteiger partial charge in [-0.2, -0.15) is 0 Å². The standard InChI is InChI=1S/C77H137NO13/c1-3-5-7-9-11-13-15-17-19-21-23-25-27-29-30-31-32-33-34-35-37-38-40-42-44-46-48-50-52-54-56-58-60-66(81)65(64-88-76-74(87)72(85)75(68(63-80)90-76)91-77-73(86)71(84)70(83)67(62-79)89-77)78-69(82)61-59-57-55-53-51-49-47-45-43-41-39-36-28-26-24-22-20-18-16-14-12-10-8-6-4-2/h6,8,12,14,18,20,24,26,36,39,43,45,49,51,65-68,70-77,79-81,83-87H,3-5,7,9-11,13,15-17,19,21-23,25,27-35,37-38,40-42,44,46-48,50,52-64H2,1-2H3,(H,78,82)/b8-6-,14-12-,20-18-,26-24-,39-36-,45-43-,51-49-. The molecule has 2 saturated heterocycles. The van der Waals surface area contributed by atoms with Crippen LogP contribution in [-0.2, 0) is 23.7 Å². The quantitative estimate of drug-likeness (QED) is 0.0204. The summed E-state index contributed by atoms with van der Waals surface area (Å²) < 4.78 is 22.9. The lowest BCUT2D eigenvalue weighted by Crippen LogP contribution is -2.65. The first-order valence-corrected chi connectivity index (χ1v) is 37.3. The van der Waals surface area contributed by atoms with Gasteiger partial charge in [-0.1, -0.05) is 311 Å². The maximum absolute atomic E-state index is 13.4. The molecule has 1 amide bonds. The molecule has 0 aromatic carbocycles. The largest absolute Gasteiger partial charge is 0.394 e. The zero-order valence-electron chi connectivity index (χ0n) is 57.6. The van der Waals surface area contributed by atoms with E-state index < -0.39 is 86.8 Å². The number of hydrogen-bond acceptors (Lipinski definition) is 13. The first-order chi connectivity index (χ1) is 44.6. The number of aliphatic hydroxyl groups is 8. The Morgan fingerprint density at radius 2 is 0.758 bits per heavy atom. The summed E-state index contributed by atoms with van der Waals surface area (Å²) >= 11 is 0. The van der Waals surface area contributed by atoms with E-state index in [1.54, 1.807) is 0 Å². The molecule has 12 atom stereocenters. The summed E-state index contributed by atoms with van der Waals surface area (Å²) in [7, 11) is 0. The van der Waals surface area contributed by atoms with Crippen molar-refractivity contribution in [3.05, 3.63) is 85.1 Å². The van der Waals surface area contributed by atoms with E-state index in [4.69, 9.17) is 18.9 Å². The molecule has 0 aromatic heterocycles. The maximum atomic E-state index is 13.4. The van der Waals surface area contributed by atoms with Gasteiger partial charge < -0.3 is 65.1 Å². The molecular weight excluding hydrogens is 1150 g/mol. The Hall–Kier alpha value is -2.83. The van der Waals surface area contributed by atoms with Crippen molar-refractivity contribution in [3.8, 4) is 0 Å². The zero-order valence-corrected chi connectivity index (χ0v) is 57.6. The van der Waals surface area contributed by atoms with Crippen molar-refractivity contribution in [2.75, 3.05) is 19.8 Å². The van der Waals surface area contributed by atoms with Crippen LogP contribution in [0.3, 0.4) is 0 Å². The Balaban J connectivity index is 1.66. The summed E-state index contributed by atoms with van der Waals surface area (Å²) in [6.45, 7) is 2.76. The van der Waals surface area contributed by atoms with Crippen molar-refractivity contribution in [1.82, 2.24) is 5.32 Å². The monoisotopic (exact) mass is 1280 g/mol. The molecule has 0 spiro atoms.